The van der Waals surface area contributed by atoms with Crippen molar-refractivity contribution in [3.8, 4) is 0 Å². The number of hydrogen-bond donors (Lipinski definition) is 0. The lowest BCUT2D eigenvalue weighted by Gasteiger charge is -2.23. The first-order valence-electron chi connectivity index (χ1n) is 4.94. The fraction of sp³-hybridized carbons (Fsp3) is 0.500. The molecule has 1 aromatic carbocycles. The Kier molecular flexibility index (Phi) is 2.55. The first-order chi connectivity index (χ1) is 6.51. The summed E-state index contributed by atoms with van der Waals surface area (Å²) in [7, 11) is 0. The lowest BCUT2D eigenvalue weighted by atomic mass is 9.85. The molecule has 0 saturated heterocycles. The lowest BCUT2D eigenvalue weighted by Crippen LogP contribution is -2.21. The molecule has 1 unspecified atom stereocenters. The van der Waals surface area contributed by atoms with Crippen LogP contribution in [0.3, 0.4) is 0 Å². The summed E-state index contributed by atoms with van der Waals surface area (Å²) in [5, 5.41) is 0. The topological polar surface area (TPSA) is 0 Å². The molecule has 14 heavy (non-hydrogen) atoms. The van der Waals surface area contributed by atoms with Gasteiger partial charge in [-0.05, 0) is 17.9 Å². The molecule has 0 N–H and O–H groups in total. The summed E-state index contributed by atoms with van der Waals surface area (Å²) in [5.41, 5.74) is 1.71. The van der Waals surface area contributed by atoms with Gasteiger partial charge in [-0.2, -0.15) is 0 Å². The summed E-state index contributed by atoms with van der Waals surface area (Å²) >= 11 is 7.53. The van der Waals surface area contributed by atoms with E-state index in [1.165, 1.54) is 12.0 Å². The van der Waals surface area contributed by atoms with Crippen LogP contribution in [0.5, 0.6) is 0 Å². The average Bonchev–Trinajstić information content (AvgIpc) is 2.72. The predicted molar refractivity (Wildman–Crippen MR) is 68.2 cm³/mol. The molecule has 1 fully saturated rings. The molecule has 1 atom stereocenters. The van der Waals surface area contributed by atoms with Crippen LogP contribution in [0, 0.1) is 5.92 Å². The average molecular weight is 318 g/mol. The van der Waals surface area contributed by atoms with E-state index in [4.69, 9.17) is 0 Å². The van der Waals surface area contributed by atoms with Crippen LogP contribution in [0.25, 0.3) is 0 Å². The molecule has 0 spiro atoms. The maximum Gasteiger partial charge on any atom is 0.0914 e. The van der Waals surface area contributed by atoms with Crippen LogP contribution < -0.4 is 0 Å². The van der Waals surface area contributed by atoms with Gasteiger partial charge in [0.05, 0.1) is 3.23 Å². The quantitative estimate of drug-likeness (QED) is 0.706. The van der Waals surface area contributed by atoms with Crippen molar-refractivity contribution in [2.75, 3.05) is 0 Å². The van der Waals surface area contributed by atoms with Gasteiger partial charge in [-0.1, -0.05) is 76.0 Å². The van der Waals surface area contributed by atoms with Crippen LogP contribution in [0.4, 0.5) is 0 Å². The minimum atomic E-state index is 0.114. The Labute approximate surface area is 102 Å². The lowest BCUT2D eigenvalue weighted by molar-refractivity contribution is 0.481. The van der Waals surface area contributed by atoms with Crippen LogP contribution in [-0.4, -0.2) is 3.23 Å². The zero-order valence-electron chi connectivity index (χ0n) is 8.43. The Morgan fingerprint density at radius 3 is 2.00 bits per heavy atom. The zero-order chi connectivity index (χ0) is 10.4. The highest BCUT2D eigenvalue weighted by molar-refractivity contribution is 9.25. The molecule has 0 bridgehead atoms. The zero-order valence-corrected chi connectivity index (χ0v) is 11.6. The number of alkyl halides is 2. The van der Waals surface area contributed by atoms with Gasteiger partial charge < -0.3 is 0 Å². The van der Waals surface area contributed by atoms with Crippen LogP contribution in [0.15, 0.2) is 30.3 Å². The normalized spacial score (nSPS) is 29.2. The van der Waals surface area contributed by atoms with E-state index >= 15 is 0 Å². The van der Waals surface area contributed by atoms with Crippen molar-refractivity contribution in [1.29, 1.82) is 0 Å². The summed E-state index contributed by atoms with van der Waals surface area (Å²) in [6.45, 7) is 4.58. The second kappa shape index (κ2) is 3.34. The number of hydrogen-bond acceptors (Lipinski definition) is 0. The van der Waals surface area contributed by atoms with Crippen molar-refractivity contribution in [3.05, 3.63) is 35.9 Å². The highest BCUT2D eigenvalue weighted by atomic mass is 79.9. The minimum absolute atomic E-state index is 0.114. The second-order valence-corrected chi connectivity index (χ2v) is 8.14. The van der Waals surface area contributed by atoms with E-state index in [0.717, 1.165) is 0 Å². The van der Waals surface area contributed by atoms with E-state index in [-0.39, 0.29) is 8.65 Å². The minimum Gasteiger partial charge on any atom is -0.0717 e. The van der Waals surface area contributed by atoms with Gasteiger partial charge >= 0.3 is 0 Å². The largest absolute Gasteiger partial charge is 0.0914 e. The number of rotatable bonds is 2. The number of benzene rings is 1. The van der Waals surface area contributed by atoms with E-state index in [9.17, 15) is 0 Å². The van der Waals surface area contributed by atoms with E-state index in [0.29, 0.717) is 5.92 Å². The third-order valence-corrected chi connectivity index (χ3v) is 5.28. The third kappa shape index (κ3) is 1.38. The maximum absolute atomic E-state index is 3.76. The molecule has 2 rings (SSSR count). The van der Waals surface area contributed by atoms with Crippen molar-refractivity contribution in [1.82, 2.24) is 0 Å². The van der Waals surface area contributed by atoms with Gasteiger partial charge in [-0.25, -0.2) is 0 Å². The fourth-order valence-electron chi connectivity index (χ4n) is 2.31. The van der Waals surface area contributed by atoms with Crippen LogP contribution in [0.1, 0.15) is 25.8 Å². The smallest absolute Gasteiger partial charge is 0.0717 e. The molecular formula is C12H14Br2. The summed E-state index contributed by atoms with van der Waals surface area (Å²) in [6.07, 6.45) is 1.17. The Balaban J connectivity index is 2.42. The molecule has 1 aliphatic rings. The molecule has 1 aliphatic carbocycles. The van der Waals surface area contributed by atoms with E-state index in [1.54, 1.807) is 0 Å². The molecule has 0 aliphatic heterocycles. The van der Waals surface area contributed by atoms with Crippen LogP contribution in [0.2, 0.25) is 0 Å². The maximum atomic E-state index is 3.76. The Bertz CT molecular complexity index is 329. The monoisotopic (exact) mass is 316 g/mol. The molecular weight excluding hydrogens is 304 g/mol. The van der Waals surface area contributed by atoms with Crippen LogP contribution >= 0.6 is 31.9 Å². The fourth-order valence-corrected chi connectivity index (χ4v) is 4.57. The summed E-state index contributed by atoms with van der Waals surface area (Å²) < 4.78 is 0.114. The summed E-state index contributed by atoms with van der Waals surface area (Å²) in [4.78, 5) is 0. The standard InChI is InChI=1S/C12H14Br2/c1-9(2)11(8-12(11,13)14)10-6-4-3-5-7-10/h3-7,9H,8H2,1-2H3. The Hall–Kier alpha value is 0.180. The van der Waals surface area contributed by atoms with Crippen molar-refractivity contribution < 1.29 is 0 Å². The summed E-state index contributed by atoms with van der Waals surface area (Å²) in [6, 6.07) is 10.8. The van der Waals surface area contributed by atoms with E-state index in [2.05, 4.69) is 76.0 Å². The van der Waals surface area contributed by atoms with Gasteiger partial charge in [0.15, 0.2) is 0 Å². The van der Waals surface area contributed by atoms with Crippen molar-refractivity contribution in [2.24, 2.45) is 5.92 Å². The predicted octanol–water partition coefficient (Wildman–Crippen LogP) is 4.47. The van der Waals surface area contributed by atoms with Gasteiger partial charge in [-0.15, -0.1) is 0 Å². The van der Waals surface area contributed by atoms with Crippen molar-refractivity contribution >= 4 is 31.9 Å². The molecule has 76 valence electrons. The molecule has 1 aromatic rings. The van der Waals surface area contributed by atoms with E-state index in [1.807, 2.05) is 0 Å². The first-order valence-corrected chi connectivity index (χ1v) is 6.53. The highest BCUT2D eigenvalue weighted by Gasteiger charge is 2.67. The molecule has 0 amide bonds. The molecule has 0 nitrogen and oxygen atoms in total. The number of halogens is 2. The molecule has 0 heterocycles. The SMILES string of the molecule is CC(C)C1(c2ccccc2)CC1(Br)Br. The van der Waals surface area contributed by atoms with Gasteiger partial charge in [0.1, 0.15) is 0 Å². The van der Waals surface area contributed by atoms with Crippen molar-refractivity contribution in [3.63, 3.8) is 0 Å². The third-order valence-electron chi connectivity index (χ3n) is 3.30. The van der Waals surface area contributed by atoms with Crippen LogP contribution in [-0.2, 0) is 5.41 Å². The summed E-state index contributed by atoms with van der Waals surface area (Å²) in [5.74, 6) is 0.642. The Morgan fingerprint density at radius 2 is 1.64 bits per heavy atom. The molecule has 0 radical (unpaired) electrons. The van der Waals surface area contributed by atoms with Crippen molar-refractivity contribution in [2.45, 2.75) is 28.9 Å². The van der Waals surface area contributed by atoms with E-state index < -0.39 is 0 Å². The van der Waals surface area contributed by atoms with Gasteiger partial charge in [-0.3, -0.25) is 0 Å². The first kappa shape index (κ1) is 10.7. The molecule has 1 saturated carbocycles. The van der Waals surface area contributed by atoms with Gasteiger partial charge in [0.2, 0.25) is 0 Å². The van der Waals surface area contributed by atoms with Gasteiger partial charge in [0, 0.05) is 5.41 Å². The second-order valence-electron chi connectivity index (χ2n) is 4.37. The molecule has 0 aromatic heterocycles. The molecule has 2 heteroatoms. The Morgan fingerprint density at radius 1 is 1.14 bits per heavy atom. The highest BCUT2D eigenvalue weighted by Crippen LogP contribution is 2.70. The van der Waals surface area contributed by atoms with Gasteiger partial charge in [0.25, 0.3) is 0 Å².